The van der Waals surface area contributed by atoms with E-state index < -0.39 is 0 Å². The van der Waals surface area contributed by atoms with E-state index in [1.54, 1.807) is 6.07 Å². The lowest BCUT2D eigenvalue weighted by atomic mass is 9.97. The van der Waals surface area contributed by atoms with Crippen LogP contribution in [0.2, 0.25) is 10.0 Å². The van der Waals surface area contributed by atoms with Gasteiger partial charge in [0, 0.05) is 21.0 Å². The van der Waals surface area contributed by atoms with Crippen LogP contribution in [-0.2, 0) is 0 Å². The third-order valence-electron chi connectivity index (χ3n) is 5.16. The SMILES string of the molecule is Cc1c(C2CCCC2)nn(-c2ccc(Cl)cc2Cl)c1-c1ccc(Br)cc1. The Balaban J connectivity index is 1.93. The molecule has 1 aliphatic carbocycles. The predicted molar refractivity (Wildman–Crippen MR) is 113 cm³/mol. The number of halogens is 3. The van der Waals surface area contributed by atoms with Gasteiger partial charge in [0.05, 0.1) is 22.1 Å². The molecule has 1 heterocycles. The first-order chi connectivity index (χ1) is 12.5. The molecule has 4 rings (SSSR count). The number of rotatable bonds is 3. The van der Waals surface area contributed by atoms with E-state index in [-0.39, 0.29) is 0 Å². The average molecular weight is 450 g/mol. The minimum Gasteiger partial charge on any atom is -0.231 e. The summed E-state index contributed by atoms with van der Waals surface area (Å²) in [5.74, 6) is 0.538. The first-order valence-electron chi connectivity index (χ1n) is 8.85. The third kappa shape index (κ3) is 3.33. The zero-order chi connectivity index (χ0) is 18.3. The summed E-state index contributed by atoms with van der Waals surface area (Å²) < 4.78 is 3.05. The van der Waals surface area contributed by atoms with Gasteiger partial charge in [0.15, 0.2) is 0 Å². The van der Waals surface area contributed by atoms with Gasteiger partial charge in [0.25, 0.3) is 0 Å². The molecule has 0 saturated heterocycles. The quantitative estimate of drug-likeness (QED) is 0.403. The molecular formula is C21H19BrCl2N2. The third-order valence-corrected chi connectivity index (χ3v) is 6.22. The number of benzene rings is 2. The van der Waals surface area contributed by atoms with E-state index in [2.05, 4.69) is 47.1 Å². The molecule has 1 saturated carbocycles. The Kier molecular flexibility index (Phi) is 5.13. The second-order valence-corrected chi connectivity index (χ2v) is 8.61. The highest BCUT2D eigenvalue weighted by Crippen LogP contribution is 2.40. The van der Waals surface area contributed by atoms with Crippen LogP contribution >= 0.6 is 39.1 Å². The van der Waals surface area contributed by atoms with Crippen molar-refractivity contribution in [3.8, 4) is 16.9 Å². The van der Waals surface area contributed by atoms with Crippen LogP contribution in [0.5, 0.6) is 0 Å². The summed E-state index contributed by atoms with van der Waals surface area (Å²) in [6, 6.07) is 13.9. The van der Waals surface area contributed by atoms with Crippen molar-refractivity contribution in [2.45, 2.75) is 38.5 Å². The monoisotopic (exact) mass is 448 g/mol. The van der Waals surface area contributed by atoms with Gasteiger partial charge in [-0.05, 0) is 55.7 Å². The molecule has 134 valence electrons. The molecule has 2 nitrogen and oxygen atoms in total. The second-order valence-electron chi connectivity index (χ2n) is 6.85. The summed E-state index contributed by atoms with van der Waals surface area (Å²) in [7, 11) is 0. The fraction of sp³-hybridized carbons (Fsp3) is 0.286. The van der Waals surface area contributed by atoms with Crippen molar-refractivity contribution in [3.05, 3.63) is 68.2 Å². The van der Waals surface area contributed by atoms with Gasteiger partial charge >= 0.3 is 0 Å². The molecule has 0 bridgehead atoms. The van der Waals surface area contributed by atoms with E-state index in [0.717, 1.165) is 21.4 Å². The maximum absolute atomic E-state index is 6.52. The summed E-state index contributed by atoms with van der Waals surface area (Å²) in [5, 5.41) is 6.26. The highest BCUT2D eigenvalue weighted by atomic mass is 79.9. The molecule has 0 unspecified atom stereocenters. The van der Waals surface area contributed by atoms with Crippen LogP contribution in [-0.4, -0.2) is 9.78 Å². The van der Waals surface area contributed by atoms with Crippen LogP contribution in [0.4, 0.5) is 0 Å². The number of hydrogen-bond acceptors (Lipinski definition) is 1. The van der Waals surface area contributed by atoms with Crippen molar-refractivity contribution in [2.24, 2.45) is 0 Å². The van der Waals surface area contributed by atoms with E-state index in [1.807, 2.05) is 16.8 Å². The Labute approximate surface area is 172 Å². The molecule has 1 aliphatic rings. The number of nitrogens with zero attached hydrogens (tertiary/aromatic N) is 2. The van der Waals surface area contributed by atoms with E-state index in [0.29, 0.717) is 16.0 Å². The molecule has 0 N–H and O–H groups in total. The standard InChI is InChI=1S/C21H19BrCl2N2/c1-13-20(14-4-2-3-5-14)25-26(19-11-10-17(23)12-18(19)24)21(13)15-6-8-16(22)9-7-15/h6-12,14H,2-5H2,1H3. The van der Waals surface area contributed by atoms with Crippen molar-refractivity contribution in [2.75, 3.05) is 0 Å². The van der Waals surface area contributed by atoms with Crippen LogP contribution in [0.1, 0.15) is 42.9 Å². The van der Waals surface area contributed by atoms with Crippen molar-refractivity contribution < 1.29 is 0 Å². The first-order valence-corrected chi connectivity index (χ1v) is 10.4. The topological polar surface area (TPSA) is 17.8 Å². The summed E-state index contributed by atoms with van der Waals surface area (Å²) in [4.78, 5) is 0. The van der Waals surface area contributed by atoms with E-state index in [9.17, 15) is 0 Å². The fourth-order valence-electron chi connectivity index (χ4n) is 3.87. The molecule has 0 atom stereocenters. The highest BCUT2D eigenvalue weighted by molar-refractivity contribution is 9.10. The maximum atomic E-state index is 6.52. The number of aromatic nitrogens is 2. The van der Waals surface area contributed by atoms with Crippen LogP contribution in [0.25, 0.3) is 16.9 Å². The molecule has 3 aromatic rings. The lowest BCUT2D eigenvalue weighted by Gasteiger charge is -2.11. The average Bonchev–Trinajstić information content (AvgIpc) is 3.24. The molecule has 0 amide bonds. The Morgan fingerprint density at radius 3 is 2.38 bits per heavy atom. The van der Waals surface area contributed by atoms with Crippen molar-refractivity contribution in [1.82, 2.24) is 9.78 Å². The highest BCUT2D eigenvalue weighted by Gasteiger charge is 2.26. The van der Waals surface area contributed by atoms with Crippen LogP contribution < -0.4 is 0 Å². The smallest absolute Gasteiger partial charge is 0.0840 e. The minimum absolute atomic E-state index is 0.538. The summed E-state index contributed by atoms with van der Waals surface area (Å²) in [6.45, 7) is 2.18. The molecule has 0 aliphatic heterocycles. The van der Waals surface area contributed by atoms with Gasteiger partial charge in [-0.3, -0.25) is 0 Å². The lowest BCUT2D eigenvalue weighted by molar-refractivity contribution is 0.676. The van der Waals surface area contributed by atoms with Crippen LogP contribution in [0.15, 0.2) is 46.9 Å². The molecule has 1 fully saturated rings. The molecule has 0 radical (unpaired) electrons. The zero-order valence-electron chi connectivity index (χ0n) is 14.5. The predicted octanol–water partition coefficient (Wildman–Crippen LogP) is 7.57. The Hall–Kier alpha value is -1.29. The van der Waals surface area contributed by atoms with Gasteiger partial charge in [-0.2, -0.15) is 5.10 Å². The molecular weight excluding hydrogens is 431 g/mol. The first kappa shape index (κ1) is 18.1. The minimum atomic E-state index is 0.538. The molecule has 1 aromatic heterocycles. The second kappa shape index (κ2) is 7.38. The zero-order valence-corrected chi connectivity index (χ0v) is 17.6. The fourth-order valence-corrected chi connectivity index (χ4v) is 4.63. The van der Waals surface area contributed by atoms with E-state index in [4.69, 9.17) is 28.3 Å². The molecule has 2 aromatic carbocycles. The van der Waals surface area contributed by atoms with Gasteiger partial charge in [-0.15, -0.1) is 0 Å². The Morgan fingerprint density at radius 1 is 1.04 bits per heavy atom. The maximum Gasteiger partial charge on any atom is 0.0840 e. The van der Waals surface area contributed by atoms with Gasteiger partial charge in [0.2, 0.25) is 0 Å². The normalized spacial score (nSPS) is 14.9. The summed E-state index contributed by atoms with van der Waals surface area (Å²) in [6.07, 6.45) is 5.00. The molecule has 26 heavy (non-hydrogen) atoms. The molecule has 5 heteroatoms. The van der Waals surface area contributed by atoms with Crippen molar-refractivity contribution >= 4 is 39.1 Å². The summed E-state index contributed by atoms with van der Waals surface area (Å²) in [5.41, 5.74) is 5.54. The van der Waals surface area contributed by atoms with Crippen molar-refractivity contribution in [1.29, 1.82) is 0 Å². The Morgan fingerprint density at radius 2 is 1.73 bits per heavy atom. The van der Waals surface area contributed by atoms with Gasteiger partial charge in [-0.25, -0.2) is 4.68 Å². The van der Waals surface area contributed by atoms with E-state index in [1.165, 1.54) is 36.9 Å². The lowest BCUT2D eigenvalue weighted by Crippen LogP contribution is -2.02. The van der Waals surface area contributed by atoms with Gasteiger partial charge in [0.1, 0.15) is 0 Å². The largest absolute Gasteiger partial charge is 0.231 e. The summed E-state index contributed by atoms with van der Waals surface area (Å²) >= 11 is 16.1. The number of hydrogen-bond donors (Lipinski definition) is 0. The van der Waals surface area contributed by atoms with E-state index >= 15 is 0 Å². The molecule has 0 spiro atoms. The van der Waals surface area contributed by atoms with Crippen LogP contribution in [0.3, 0.4) is 0 Å². The Bertz CT molecular complexity index is 941. The van der Waals surface area contributed by atoms with Crippen LogP contribution in [0, 0.1) is 6.92 Å². The van der Waals surface area contributed by atoms with Gasteiger partial charge < -0.3 is 0 Å². The van der Waals surface area contributed by atoms with Gasteiger partial charge in [-0.1, -0.05) is 64.1 Å². The van der Waals surface area contributed by atoms with Crippen molar-refractivity contribution in [3.63, 3.8) is 0 Å².